The lowest BCUT2D eigenvalue weighted by Crippen LogP contribution is -2.42. The van der Waals surface area contributed by atoms with Gasteiger partial charge < -0.3 is 14.4 Å². The first kappa shape index (κ1) is 17.9. The molecule has 5 rings (SSSR count). The average molecular weight is 402 g/mol. The molecule has 3 aliphatic rings. The number of nitrogens with zero attached hydrogens (tertiary/aromatic N) is 1. The number of nitrogens with one attached hydrogen (secondary N) is 1. The maximum absolute atomic E-state index is 13.0. The van der Waals surface area contributed by atoms with Crippen molar-refractivity contribution in [1.82, 2.24) is 4.72 Å². The van der Waals surface area contributed by atoms with E-state index in [1.807, 2.05) is 0 Å². The van der Waals surface area contributed by atoms with Crippen molar-refractivity contribution in [1.29, 1.82) is 0 Å². The Morgan fingerprint density at radius 3 is 2.79 bits per heavy atom. The van der Waals surface area contributed by atoms with Gasteiger partial charge in [0.1, 0.15) is 11.4 Å². The Hall–Kier alpha value is -2.16. The summed E-state index contributed by atoms with van der Waals surface area (Å²) in [7, 11) is -3.79. The minimum absolute atomic E-state index is 0.0983. The van der Waals surface area contributed by atoms with Crippen LogP contribution in [-0.4, -0.2) is 32.5 Å². The fourth-order valence-electron chi connectivity index (χ4n) is 4.69. The van der Waals surface area contributed by atoms with E-state index in [1.165, 1.54) is 6.26 Å². The quantitative estimate of drug-likeness (QED) is 0.810. The molecule has 7 nitrogen and oxygen atoms in total. The highest BCUT2D eigenvalue weighted by molar-refractivity contribution is 7.89. The molecule has 2 aliphatic heterocycles. The maximum atomic E-state index is 13.0. The number of furan rings is 1. The third kappa shape index (κ3) is 2.70. The van der Waals surface area contributed by atoms with Gasteiger partial charge in [0.15, 0.2) is 0 Å². The van der Waals surface area contributed by atoms with Gasteiger partial charge in [0, 0.05) is 31.5 Å². The molecule has 0 bridgehead atoms. The number of hydrogen-bond acceptors (Lipinski definition) is 5. The molecular weight excluding hydrogens is 380 g/mol. The van der Waals surface area contributed by atoms with E-state index in [9.17, 15) is 18.3 Å². The number of amides is 1. The highest BCUT2D eigenvalue weighted by Gasteiger charge is 2.38. The molecule has 28 heavy (non-hydrogen) atoms. The zero-order valence-electron chi connectivity index (χ0n) is 15.4. The normalized spacial score (nSPS) is 23.6. The number of carbonyl (C=O) groups is 1. The van der Waals surface area contributed by atoms with Crippen LogP contribution in [0.25, 0.3) is 0 Å². The summed E-state index contributed by atoms with van der Waals surface area (Å²) in [5, 5.41) is 11.0. The Bertz CT molecular complexity index is 1070. The van der Waals surface area contributed by atoms with E-state index in [-0.39, 0.29) is 17.3 Å². The van der Waals surface area contributed by atoms with Crippen molar-refractivity contribution in [3.8, 4) is 0 Å². The number of hydrogen-bond donors (Lipinski definition) is 2. The fraction of sp³-hybridized carbons (Fsp3) is 0.450. The number of aliphatic hydroxyl groups is 1. The molecule has 1 amide bonds. The fourth-order valence-corrected chi connectivity index (χ4v) is 5.88. The Balaban J connectivity index is 1.43. The van der Waals surface area contributed by atoms with Crippen molar-refractivity contribution in [3.63, 3.8) is 0 Å². The summed E-state index contributed by atoms with van der Waals surface area (Å²) in [5.74, 6) is 0.829. The largest absolute Gasteiger partial charge is 0.469 e. The first-order chi connectivity index (χ1) is 13.4. The van der Waals surface area contributed by atoms with Crippen LogP contribution in [0.1, 0.15) is 41.7 Å². The summed E-state index contributed by atoms with van der Waals surface area (Å²) >= 11 is 0. The summed E-state index contributed by atoms with van der Waals surface area (Å²) < 4.78 is 33.9. The molecule has 0 saturated heterocycles. The van der Waals surface area contributed by atoms with Gasteiger partial charge in [-0.3, -0.25) is 4.79 Å². The van der Waals surface area contributed by atoms with Crippen LogP contribution < -0.4 is 9.62 Å². The molecule has 1 aromatic heterocycles. The Labute approximate surface area is 163 Å². The van der Waals surface area contributed by atoms with E-state index in [0.717, 1.165) is 35.4 Å². The lowest BCUT2D eigenvalue weighted by Gasteiger charge is -2.31. The van der Waals surface area contributed by atoms with Crippen molar-refractivity contribution < 1.29 is 22.7 Å². The lowest BCUT2D eigenvalue weighted by molar-refractivity contribution is -0.118. The van der Waals surface area contributed by atoms with E-state index in [0.29, 0.717) is 37.8 Å². The maximum Gasteiger partial charge on any atom is 0.240 e. The first-order valence-corrected chi connectivity index (χ1v) is 11.1. The van der Waals surface area contributed by atoms with Gasteiger partial charge in [-0.15, -0.1) is 0 Å². The van der Waals surface area contributed by atoms with Crippen LogP contribution in [0.5, 0.6) is 0 Å². The Kier molecular flexibility index (Phi) is 3.94. The molecule has 0 radical (unpaired) electrons. The number of fused-ring (bicyclic) bond motifs is 1. The smallest absolute Gasteiger partial charge is 0.240 e. The summed E-state index contributed by atoms with van der Waals surface area (Å²) in [5.41, 5.74) is 2.11. The van der Waals surface area contributed by atoms with Gasteiger partial charge in [-0.05, 0) is 55.0 Å². The molecule has 1 aromatic carbocycles. The van der Waals surface area contributed by atoms with E-state index in [2.05, 4.69) is 4.72 Å². The second-order valence-corrected chi connectivity index (χ2v) is 9.62. The van der Waals surface area contributed by atoms with E-state index in [1.54, 1.807) is 23.1 Å². The molecule has 0 saturated carbocycles. The van der Waals surface area contributed by atoms with Crippen LogP contribution in [0.2, 0.25) is 0 Å². The first-order valence-electron chi connectivity index (χ1n) is 9.62. The molecule has 2 aromatic rings. The van der Waals surface area contributed by atoms with Gasteiger partial charge >= 0.3 is 0 Å². The number of carbonyl (C=O) groups excluding carboxylic acids is 1. The van der Waals surface area contributed by atoms with Gasteiger partial charge in [-0.1, -0.05) is 0 Å². The third-order valence-corrected chi connectivity index (χ3v) is 7.51. The highest BCUT2D eigenvalue weighted by atomic mass is 32.2. The molecule has 1 unspecified atom stereocenters. The number of sulfonamides is 1. The van der Waals surface area contributed by atoms with Crippen molar-refractivity contribution >= 4 is 21.6 Å². The zero-order valence-corrected chi connectivity index (χ0v) is 16.2. The van der Waals surface area contributed by atoms with E-state index in [4.69, 9.17) is 4.42 Å². The van der Waals surface area contributed by atoms with Crippen LogP contribution in [0.3, 0.4) is 0 Å². The van der Waals surface area contributed by atoms with Crippen molar-refractivity contribution in [3.05, 3.63) is 46.9 Å². The average Bonchev–Trinajstić information content (AvgIpc) is 3.32. The molecule has 0 fully saturated rings. The number of aryl methyl sites for hydroxylation is 2. The molecular formula is C20H22N2O5S. The molecule has 0 spiro atoms. The topological polar surface area (TPSA) is 99.8 Å². The second-order valence-electron chi connectivity index (χ2n) is 7.85. The van der Waals surface area contributed by atoms with Crippen LogP contribution in [-0.2, 0) is 39.7 Å². The number of benzene rings is 1. The van der Waals surface area contributed by atoms with Crippen LogP contribution in [0.15, 0.2) is 33.8 Å². The second kappa shape index (κ2) is 6.17. The summed E-state index contributed by atoms with van der Waals surface area (Å²) in [4.78, 5) is 14.0. The van der Waals surface area contributed by atoms with Gasteiger partial charge in [0.2, 0.25) is 15.9 Å². The minimum Gasteiger partial charge on any atom is -0.469 e. The SMILES string of the molecule is O=C1CCc2cc(S(=O)(=O)NCC3(O)CCCc4occc43)cc3c2N1CC3. The van der Waals surface area contributed by atoms with Crippen molar-refractivity contribution in [2.45, 2.75) is 49.0 Å². The third-order valence-electron chi connectivity index (χ3n) is 6.13. The van der Waals surface area contributed by atoms with Gasteiger partial charge in [-0.25, -0.2) is 13.1 Å². The Morgan fingerprint density at radius 2 is 1.96 bits per heavy atom. The summed E-state index contributed by atoms with van der Waals surface area (Å²) in [6.45, 7) is 0.514. The standard InChI is InChI=1S/C20H22N2O5S/c23-18-4-3-13-10-15(11-14-5-8-22(18)19(13)14)28(25,26)21-12-20(24)7-1-2-17-16(20)6-9-27-17/h6,9-11,21,24H,1-5,7-8,12H2. The minimum atomic E-state index is -3.79. The highest BCUT2D eigenvalue weighted by Crippen LogP contribution is 2.39. The lowest BCUT2D eigenvalue weighted by atomic mass is 9.83. The number of rotatable bonds is 4. The molecule has 148 valence electrons. The zero-order chi connectivity index (χ0) is 19.5. The Morgan fingerprint density at radius 1 is 1.18 bits per heavy atom. The van der Waals surface area contributed by atoms with Crippen LogP contribution in [0, 0.1) is 0 Å². The van der Waals surface area contributed by atoms with Gasteiger partial charge in [0.25, 0.3) is 0 Å². The van der Waals surface area contributed by atoms with Gasteiger partial charge in [-0.2, -0.15) is 0 Å². The molecule has 8 heteroatoms. The molecule has 2 N–H and O–H groups in total. The monoisotopic (exact) mass is 402 g/mol. The predicted molar refractivity (Wildman–Crippen MR) is 102 cm³/mol. The van der Waals surface area contributed by atoms with Crippen molar-refractivity contribution in [2.75, 3.05) is 18.0 Å². The van der Waals surface area contributed by atoms with E-state index >= 15 is 0 Å². The van der Waals surface area contributed by atoms with Crippen LogP contribution in [0.4, 0.5) is 5.69 Å². The molecule has 3 heterocycles. The summed E-state index contributed by atoms with van der Waals surface area (Å²) in [6, 6.07) is 5.04. The van der Waals surface area contributed by atoms with E-state index < -0.39 is 15.6 Å². The summed E-state index contributed by atoms with van der Waals surface area (Å²) in [6.07, 6.45) is 5.14. The number of anilines is 1. The molecule has 1 atom stereocenters. The molecule has 1 aliphatic carbocycles. The van der Waals surface area contributed by atoms with Crippen molar-refractivity contribution in [2.24, 2.45) is 0 Å². The van der Waals surface area contributed by atoms with Crippen LogP contribution >= 0.6 is 0 Å². The van der Waals surface area contributed by atoms with Gasteiger partial charge in [0.05, 0.1) is 16.8 Å². The predicted octanol–water partition coefficient (Wildman–Crippen LogP) is 1.62.